The number of ether oxygens (including phenoxy) is 1. The first-order valence-electron chi connectivity index (χ1n) is 11.5. The zero-order chi connectivity index (χ0) is 23.7. The average Bonchev–Trinajstić information content (AvgIpc) is 3.41. The van der Waals surface area contributed by atoms with Crippen LogP contribution in [0.15, 0.2) is 60.8 Å². The van der Waals surface area contributed by atoms with Crippen molar-refractivity contribution in [2.24, 2.45) is 0 Å². The van der Waals surface area contributed by atoms with E-state index in [4.69, 9.17) is 4.74 Å². The summed E-state index contributed by atoms with van der Waals surface area (Å²) in [5.74, 6) is 0.667. The Morgan fingerprint density at radius 1 is 1.00 bits per heavy atom. The number of urea groups is 1. The van der Waals surface area contributed by atoms with Crippen LogP contribution in [0.4, 0.5) is 4.79 Å². The number of aromatic nitrogens is 1. The van der Waals surface area contributed by atoms with Gasteiger partial charge in [0.1, 0.15) is 16.3 Å². The average molecular weight is 477 g/mol. The minimum absolute atomic E-state index is 0.0837. The fourth-order valence-corrected chi connectivity index (χ4v) is 5.80. The largest absolute Gasteiger partial charge is 0.497 e. The highest BCUT2D eigenvalue weighted by Gasteiger charge is 2.56. The summed E-state index contributed by atoms with van der Waals surface area (Å²) in [7, 11) is 3.38. The third-order valence-corrected chi connectivity index (χ3v) is 7.97. The number of carbonyl (C=O) groups is 2. The van der Waals surface area contributed by atoms with Gasteiger partial charge in [-0.15, -0.1) is 11.3 Å². The molecule has 3 amide bonds. The molecule has 0 bridgehead atoms. The van der Waals surface area contributed by atoms with E-state index < -0.39 is 5.54 Å². The molecule has 0 radical (unpaired) electrons. The second kappa shape index (κ2) is 9.19. The second-order valence-electron chi connectivity index (χ2n) is 8.89. The number of piperidine rings is 1. The number of nitrogens with zero attached hydrogens (tertiary/aromatic N) is 4. The van der Waals surface area contributed by atoms with Gasteiger partial charge in [0.25, 0.3) is 5.91 Å². The standard InChI is InChI=1S/C26H28N4O3S/c1-28-25(32)30(17-19-8-10-21(33-2)11-9-19)24(31)26(28)12-14-29(15-13-26)18-22-16-27-23(34-22)20-6-4-3-5-7-20/h3-11,16H,12-15,17-18H2,1-2H3. The molecular formula is C26H28N4O3S. The van der Waals surface area contributed by atoms with Crippen LogP contribution in [-0.2, 0) is 17.9 Å². The van der Waals surface area contributed by atoms with Crippen molar-refractivity contribution in [1.82, 2.24) is 19.7 Å². The topological polar surface area (TPSA) is 66.0 Å². The van der Waals surface area contributed by atoms with Gasteiger partial charge in [0, 0.05) is 43.3 Å². The van der Waals surface area contributed by atoms with Crippen LogP contribution in [0, 0.1) is 0 Å². The van der Waals surface area contributed by atoms with Crippen molar-refractivity contribution in [3.8, 4) is 16.3 Å². The van der Waals surface area contributed by atoms with Gasteiger partial charge in [0.15, 0.2) is 0 Å². The van der Waals surface area contributed by atoms with E-state index in [2.05, 4.69) is 22.0 Å². The highest BCUT2D eigenvalue weighted by atomic mass is 32.1. The van der Waals surface area contributed by atoms with Crippen LogP contribution >= 0.6 is 11.3 Å². The lowest BCUT2D eigenvalue weighted by Crippen LogP contribution is -2.55. The summed E-state index contributed by atoms with van der Waals surface area (Å²) in [6, 6.07) is 17.5. The Morgan fingerprint density at radius 2 is 1.71 bits per heavy atom. The summed E-state index contributed by atoms with van der Waals surface area (Å²) in [4.78, 5) is 37.7. The maximum atomic E-state index is 13.5. The minimum Gasteiger partial charge on any atom is -0.497 e. The molecule has 1 spiro atoms. The van der Waals surface area contributed by atoms with Gasteiger partial charge in [0.2, 0.25) is 0 Å². The van der Waals surface area contributed by atoms with E-state index >= 15 is 0 Å². The zero-order valence-electron chi connectivity index (χ0n) is 19.4. The number of hydrogen-bond donors (Lipinski definition) is 0. The normalized spacial score (nSPS) is 18.2. The van der Waals surface area contributed by atoms with E-state index in [0.29, 0.717) is 12.8 Å². The Bertz CT molecular complexity index is 1170. The minimum atomic E-state index is -0.747. The maximum Gasteiger partial charge on any atom is 0.327 e. The van der Waals surface area contributed by atoms with Crippen molar-refractivity contribution >= 4 is 23.3 Å². The van der Waals surface area contributed by atoms with Crippen molar-refractivity contribution in [3.05, 3.63) is 71.2 Å². The van der Waals surface area contributed by atoms with E-state index in [1.54, 1.807) is 30.4 Å². The van der Waals surface area contributed by atoms with Crippen LogP contribution in [0.1, 0.15) is 23.3 Å². The molecule has 34 heavy (non-hydrogen) atoms. The first-order valence-corrected chi connectivity index (χ1v) is 12.3. The summed E-state index contributed by atoms with van der Waals surface area (Å²) in [5, 5.41) is 1.02. The van der Waals surface area contributed by atoms with Gasteiger partial charge in [-0.3, -0.25) is 14.6 Å². The lowest BCUT2D eigenvalue weighted by molar-refractivity contribution is -0.135. The molecule has 0 N–H and O–H groups in total. The number of benzene rings is 2. The van der Waals surface area contributed by atoms with Gasteiger partial charge in [0.05, 0.1) is 13.7 Å². The Morgan fingerprint density at radius 3 is 2.38 bits per heavy atom. The number of likely N-dealkylation sites (tertiary alicyclic amines) is 1. The summed E-state index contributed by atoms with van der Waals surface area (Å²) in [5.41, 5.74) is 1.29. The predicted molar refractivity (Wildman–Crippen MR) is 131 cm³/mol. The van der Waals surface area contributed by atoms with Gasteiger partial charge in [-0.2, -0.15) is 0 Å². The number of likely N-dealkylation sites (N-methyl/N-ethyl adjacent to an activating group) is 1. The third-order valence-electron chi connectivity index (χ3n) is 6.94. The Labute approximate surface area is 203 Å². The number of carbonyl (C=O) groups excluding carboxylic acids is 2. The Hall–Kier alpha value is -3.23. The first kappa shape index (κ1) is 22.6. The zero-order valence-corrected chi connectivity index (χ0v) is 20.3. The number of amides is 3. The highest BCUT2D eigenvalue weighted by Crippen LogP contribution is 2.37. The van der Waals surface area contributed by atoms with Crippen LogP contribution < -0.4 is 4.74 Å². The van der Waals surface area contributed by atoms with Crippen LogP contribution in [0.2, 0.25) is 0 Å². The molecule has 3 aromatic rings. The molecule has 3 heterocycles. The molecule has 0 saturated carbocycles. The molecule has 2 aliphatic rings. The number of imide groups is 1. The molecule has 7 nitrogen and oxygen atoms in total. The van der Waals surface area contributed by atoms with E-state index in [-0.39, 0.29) is 18.5 Å². The Balaban J connectivity index is 1.23. The van der Waals surface area contributed by atoms with Gasteiger partial charge in [-0.05, 0) is 30.5 Å². The fraction of sp³-hybridized carbons (Fsp3) is 0.346. The molecule has 8 heteroatoms. The van der Waals surface area contributed by atoms with Gasteiger partial charge >= 0.3 is 6.03 Å². The lowest BCUT2D eigenvalue weighted by Gasteiger charge is -2.40. The quantitative estimate of drug-likeness (QED) is 0.498. The van der Waals surface area contributed by atoms with Crippen LogP contribution in [0.3, 0.4) is 0 Å². The predicted octanol–water partition coefficient (Wildman–Crippen LogP) is 4.25. The fourth-order valence-electron chi connectivity index (χ4n) is 4.84. The monoisotopic (exact) mass is 476 g/mol. The molecule has 1 aromatic heterocycles. The first-order chi connectivity index (χ1) is 16.5. The van der Waals surface area contributed by atoms with E-state index in [1.807, 2.05) is 48.7 Å². The maximum absolute atomic E-state index is 13.5. The SMILES string of the molecule is COc1ccc(CN2C(=O)N(C)C3(CCN(Cc4cnc(-c5ccccc5)s4)CC3)C2=O)cc1. The van der Waals surface area contributed by atoms with E-state index in [1.165, 1.54) is 9.78 Å². The summed E-state index contributed by atoms with van der Waals surface area (Å²) in [6.45, 7) is 2.61. The van der Waals surface area contributed by atoms with Gasteiger partial charge < -0.3 is 9.64 Å². The van der Waals surface area contributed by atoms with Crippen LogP contribution in [0.5, 0.6) is 5.75 Å². The van der Waals surface area contributed by atoms with Gasteiger partial charge in [-0.25, -0.2) is 9.78 Å². The molecule has 0 aliphatic carbocycles. The molecule has 0 unspecified atom stereocenters. The number of rotatable bonds is 6. The van der Waals surface area contributed by atoms with Crippen LogP contribution in [-0.4, -0.2) is 64.4 Å². The highest BCUT2D eigenvalue weighted by molar-refractivity contribution is 7.15. The molecule has 0 atom stereocenters. The van der Waals surface area contributed by atoms with Crippen molar-refractivity contribution in [1.29, 1.82) is 0 Å². The van der Waals surface area contributed by atoms with Crippen molar-refractivity contribution in [2.75, 3.05) is 27.2 Å². The number of hydrogen-bond acceptors (Lipinski definition) is 6. The van der Waals surface area contributed by atoms with Crippen molar-refractivity contribution in [3.63, 3.8) is 0 Å². The lowest BCUT2D eigenvalue weighted by atomic mass is 9.86. The smallest absolute Gasteiger partial charge is 0.327 e. The molecule has 5 rings (SSSR count). The summed E-state index contributed by atoms with van der Waals surface area (Å²) < 4.78 is 5.20. The molecule has 2 aliphatic heterocycles. The number of methoxy groups -OCH3 is 1. The van der Waals surface area contributed by atoms with E-state index in [0.717, 1.165) is 41.5 Å². The molecule has 2 aromatic carbocycles. The molecular weight excluding hydrogens is 448 g/mol. The van der Waals surface area contributed by atoms with Crippen molar-refractivity contribution in [2.45, 2.75) is 31.5 Å². The number of thiazole rings is 1. The van der Waals surface area contributed by atoms with Crippen LogP contribution in [0.25, 0.3) is 10.6 Å². The third kappa shape index (κ3) is 4.08. The van der Waals surface area contributed by atoms with Crippen molar-refractivity contribution < 1.29 is 14.3 Å². The second-order valence-corrected chi connectivity index (χ2v) is 10.0. The summed E-state index contributed by atoms with van der Waals surface area (Å²) >= 11 is 1.71. The molecule has 2 fully saturated rings. The summed E-state index contributed by atoms with van der Waals surface area (Å²) in [6.07, 6.45) is 3.22. The Kier molecular flexibility index (Phi) is 6.10. The molecule has 176 valence electrons. The van der Waals surface area contributed by atoms with Gasteiger partial charge in [-0.1, -0.05) is 42.5 Å². The van der Waals surface area contributed by atoms with E-state index in [9.17, 15) is 9.59 Å². The molecule has 2 saturated heterocycles.